The molecule has 0 bridgehead atoms. The molecule has 3 N–H and O–H groups in total. The van der Waals surface area contributed by atoms with E-state index in [4.69, 9.17) is 33.9 Å². The molecule has 1 heterocycles. The summed E-state index contributed by atoms with van der Waals surface area (Å²) in [6.07, 6.45) is 0.728. The first-order chi connectivity index (χ1) is 17.2. The number of carbonyl (C=O) groups is 4. The number of carbonyl (C=O) groups excluding carboxylic acids is 2. The molecular weight excluding hydrogens is 478 g/mol. The van der Waals surface area contributed by atoms with Gasteiger partial charge in [-0.2, -0.15) is 0 Å². The third-order valence-corrected chi connectivity index (χ3v) is 5.01. The average molecular weight is 501 g/mol. The van der Waals surface area contributed by atoms with Crippen molar-refractivity contribution < 1.29 is 53.1 Å². The lowest BCUT2D eigenvalue weighted by Gasteiger charge is -2.13. The maximum Gasteiger partial charge on any atom is 0.326 e. The third-order valence-electron chi connectivity index (χ3n) is 5.01. The summed E-state index contributed by atoms with van der Waals surface area (Å²) < 4.78 is 27.0. The molecule has 0 spiro atoms. The minimum absolute atomic E-state index is 0.0344. The molecule has 1 amide bonds. The van der Waals surface area contributed by atoms with Crippen LogP contribution < -0.4 is 29.0 Å². The minimum atomic E-state index is -1.59. The van der Waals surface area contributed by atoms with E-state index in [1.807, 2.05) is 0 Å². The van der Waals surface area contributed by atoms with Crippen LogP contribution in [-0.2, 0) is 14.4 Å². The van der Waals surface area contributed by atoms with Crippen molar-refractivity contribution in [2.45, 2.75) is 12.5 Å². The number of hydrogen-bond acceptors (Lipinski definition) is 9. The summed E-state index contributed by atoms with van der Waals surface area (Å²) >= 11 is 0. The Hall–Kier alpha value is -4.74. The van der Waals surface area contributed by atoms with Gasteiger partial charge in [0.15, 0.2) is 23.9 Å². The fraction of sp³-hybridized carbons (Fsp3) is 0.250. The molecule has 0 saturated carbocycles. The number of Topliss-reactive ketones (excluding diaryl/α,β-unsaturated/α-hetero) is 1. The van der Waals surface area contributed by atoms with Crippen molar-refractivity contribution in [3.8, 4) is 28.7 Å². The molecule has 2 aromatic rings. The van der Waals surface area contributed by atoms with Crippen LogP contribution in [0.1, 0.15) is 22.3 Å². The standard InChI is InChI=1S/C24H23NO11/c1-32-18-7-12(8-19(33-2)23(18)34-3)6-17-22(29)14-5-4-13(9-16(14)36-17)35-11-20(26)25-15(24(30)31)10-21(27)28/h4-9,15H,10-11H2,1-3H3,(H,25,26)(H,27,28)(H,30,31)/b17-6+/t15-/m0/s1. The number of nitrogens with one attached hydrogen (secondary N) is 1. The fourth-order valence-electron chi connectivity index (χ4n) is 3.35. The van der Waals surface area contributed by atoms with Crippen molar-refractivity contribution in [3.63, 3.8) is 0 Å². The molecule has 190 valence electrons. The lowest BCUT2D eigenvalue weighted by Crippen LogP contribution is -2.44. The zero-order valence-corrected chi connectivity index (χ0v) is 19.5. The molecule has 0 saturated heterocycles. The second-order valence-electron chi connectivity index (χ2n) is 7.40. The first kappa shape index (κ1) is 25.9. The Morgan fingerprint density at radius 1 is 1.03 bits per heavy atom. The zero-order chi connectivity index (χ0) is 26.4. The summed E-state index contributed by atoms with van der Waals surface area (Å²) in [4.78, 5) is 46.6. The molecule has 36 heavy (non-hydrogen) atoms. The average Bonchev–Trinajstić information content (AvgIpc) is 3.15. The number of hydrogen-bond donors (Lipinski definition) is 3. The summed E-state index contributed by atoms with van der Waals surface area (Å²) in [6, 6.07) is 6.02. The Labute approximate surface area is 205 Å². The van der Waals surface area contributed by atoms with Crippen LogP contribution in [-0.4, -0.2) is 67.8 Å². The van der Waals surface area contributed by atoms with Crippen molar-refractivity contribution in [1.29, 1.82) is 0 Å². The molecule has 2 aromatic carbocycles. The van der Waals surface area contributed by atoms with E-state index in [0.29, 0.717) is 22.8 Å². The van der Waals surface area contributed by atoms with Gasteiger partial charge in [-0.25, -0.2) is 4.79 Å². The zero-order valence-electron chi connectivity index (χ0n) is 19.5. The van der Waals surface area contributed by atoms with E-state index < -0.39 is 36.9 Å². The van der Waals surface area contributed by atoms with E-state index in [-0.39, 0.29) is 28.6 Å². The molecule has 0 fully saturated rings. The van der Waals surface area contributed by atoms with Crippen LogP contribution in [0.4, 0.5) is 0 Å². The topological polar surface area (TPSA) is 167 Å². The quantitative estimate of drug-likeness (QED) is 0.384. The number of ketones is 1. The van der Waals surface area contributed by atoms with Crippen LogP contribution in [0, 0.1) is 0 Å². The van der Waals surface area contributed by atoms with Gasteiger partial charge < -0.3 is 39.2 Å². The summed E-state index contributed by atoms with van der Waals surface area (Å²) in [5.74, 6) is -2.46. The van der Waals surface area contributed by atoms with E-state index in [0.717, 1.165) is 0 Å². The van der Waals surface area contributed by atoms with E-state index in [2.05, 4.69) is 5.32 Å². The number of rotatable bonds is 11. The van der Waals surface area contributed by atoms with Crippen LogP contribution in [0.2, 0.25) is 0 Å². The number of carboxylic acid groups (broad SMARTS) is 2. The highest BCUT2D eigenvalue weighted by molar-refractivity contribution is 6.14. The number of fused-ring (bicyclic) bond motifs is 1. The predicted molar refractivity (Wildman–Crippen MR) is 123 cm³/mol. The highest BCUT2D eigenvalue weighted by Gasteiger charge is 2.28. The smallest absolute Gasteiger partial charge is 0.326 e. The normalized spacial score (nSPS) is 13.9. The summed E-state index contributed by atoms with van der Waals surface area (Å²) in [5, 5.41) is 19.8. The van der Waals surface area contributed by atoms with E-state index in [9.17, 15) is 19.2 Å². The van der Waals surface area contributed by atoms with Crippen molar-refractivity contribution in [2.24, 2.45) is 0 Å². The first-order valence-electron chi connectivity index (χ1n) is 10.4. The molecule has 12 nitrogen and oxygen atoms in total. The number of amides is 1. The van der Waals surface area contributed by atoms with Gasteiger partial charge in [-0.05, 0) is 35.9 Å². The molecule has 3 rings (SSSR count). The molecule has 1 atom stereocenters. The number of carboxylic acids is 2. The highest BCUT2D eigenvalue weighted by Crippen LogP contribution is 2.40. The Morgan fingerprint density at radius 3 is 2.25 bits per heavy atom. The molecule has 0 radical (unpaired) electrons. The number of aliphatic carboxylic acids is 2. The predicted octanol–water partition coefficient (Wildman–Crippen LogP) is 1.75. The second-order valence-corrected chi connectivity index (χ2v) is 7.40. The minimum Gasteiger partial charge on any atom is -0.493 e. The maximum atomic E-state index is 12.8. The van der Waals surface area contributed by atoms with Gasteiger partial charge >= 0.3 is 11.9 Å². The Bertz CT molecular complexity index is 1210. The Morgan fingerprint density at radius 2 is 1.69 bits per heavy atom. The third kappa shape index (κ3) is 5.84. The van der Waals surface area contributed by atoms with Crippen LogP contribution in [0.15, 0.2) is 36.1 Å². The van der Waals surface area contributed by atoms with Gasteiger partial charge in [-0.15, -0.1) is 0 Å². The van der Waals surface area contributed by atoms with Crippen LogP contribution in [0.3, 0.4) is 0 Å². The summed E-state index contributed by atoms with van der Waals surface area (Å²) in [6.45, 7) is -0.579. The number of allylic oxidation sites excluding steroid dienone is 1. The van der Waals surface area contributed by atoms with E-state index in [1.54, 1.807) is 12.1 Å². The van der Waals surface area contributed by atoms with Crippen molar-refractivity contribution in [2.75, 3.05) is 27.9 Å². The highest BCUT2D eigenvalue weighted by atomic mass is 16.5. The van der Waals surface area contributed by atoms with Crippen LogP contribution in [0.5, 0.6) is 28.7 Å². The monoisotopic (exact) mass is 501 g/mol. The summed E-state index contributed by atoms with van der Waals surface area (Å²) in [5.41, 5.74) is 0.834. The van der Waals surface area contributed by atoms with Crippen molar-refractivity contribution in [3.05, 3.63) is 47.2 Å². The van der Waals surface area contributed by atoms with E-state index >= 15 is 0 Å². The first-order valence-corrected chi connectivity index (χ1v) is 10.4. The molecular formula is C24H23NO11. The van der Waals surface area contributed by atoms with Gasteiger partial charge in [0.1, 0.15) is 17.5 Å². The second kappa shape index (κ2) is 11.1. The van der Waals surface area contributed by atoms with Gasteiger partial charge in [0, 0.05) is 6.07 Å². The molecule has 0 aromatic heterocycles. The van der Waals surface area contributed by atoms with Gasteiger partial charge in [-0.3, -0.25) is 14.4 Å². The lowest BCUT2D eigenvalue weighted by atomic mass is 10.1. The maximum absolute atomic E-state index is 12.8. The van der Waals surface area contributed by atoms with Gasteiger partial charge in [0.2, 0.25) is 11.5 Å². The van der Waals surface area contributed by atoms with Gasteiger partial charge in [0.05, 0.1) is 33.3 Å². The molecule has 1 aliphatic rings. The van der Waals surface area contributed by atoms with Crippen LogP contribution >= 0.6 is 0 Å². The summed E-state index contributed by atoms with van der Waals surface area (Å²) in [7, 11) is 4.41. The lowest BCUT2D eigenvalue weighted by molar-refractivity contribution is -0.147. The largest absolute Gasteiger partial charge is 0.493 e. The SMILES string of the molecule is COc1cc(/C=C2/Oc3cc(OCC(=O)N[C@@H](CC(=O)O)C(=O)O)ccc3C2=O)cc(OC)c1OC. The number of ether oxygens (including phenoxy) is 5. The van der Waals surface area contributed by atoms with E-state index in [1.165, 1.54) is 45.6 Å². The van der Waals surface area contributed by atoms with Crippen molar-refractivity contribution in [1.82, 2.24) is 5.32 Å². The van der Waals surface area contributed by atoms with Gasteiger partial charge in [-0.1, -0.05) is 0 Å². The number of methoxy groups -OCH3 is 3. The molecule has 12 heteroatoms. The van der Waals surface area contributed by atoms with Gasteiger partial charge in [0.25, 0.3) is 5.91 Å². The molecule has 0 aliphatic carbocycles. The molecule has 1 aliphatic heterocycles. The Balaban J connectivity index is 1.72. The number of benzene rings is 2. The fourth-order valence-corrected chi connectivity index (χ4v) is 3.35. The molecule has 0 unspecified atom stereocenters. The van der Waals surface area contributed by atoms with Crippen molar-refractivity contribution >= 4 is 29.7 Å². The van der Waals surface area contributed by atoms with Crippen LogP contribution in [0.25, 0.3) is 6.08 Å². The Kier molecular flexibility index (Phi) is 8.00.